The van der Waals surface area contributed by atoms with Gasteiger partial charge in [-0.2, -0.15) is 0 Å². The van der Waals surface area contributed by atoms with Crippen LogP contribution in [0.2, 0.25) is 0 Å². The van der Waals surface area contributed by atoms with E-state index in [0.717, 1.165) is 35.6 Å². The van der Waals surface area contributed by atoms with Gasteiger partial charge in [-0.1, -0.05) is 27.4 Å². The molecule has 0 heterocycles. The molecule has 3 N–H and O–H groups in total. The van der Waals surface area contributed by atoms with Crippen LogP contribution in [0.5, 0.6) is 0 Å². The summed E-state index contributed by atoms with van der Waals surface area (Å²) in [5, 5.41) is 3.14. The Hall–Kier alpha value is -1.09. The molecule has 2 unspecified atom stereocenters. The highest BCUT2D eigenvalue weighted by atomic mass is 14.8. The molecular formula is C15H29N3. The highest BCUT2D eigenvalue weighted by Crippen LogP contribution is 2.18. The van der Waals surface area contributed by atoms with Crippen molar-refractivity contribution in [2.45, 2.75) is 41.0 Å². The van der Waals surface area contributed by atoms with Crippen molar-refractivity contribution in [2.75, 3.05) is 13.6 Å². The second-order valence-corrected chi connectivity index (χ2v) is 5.05. The minimum absolute atomic E-state index is 0.323. The number of nitrogens with zero attached hydrogens (tertiary/aromatic N) is 1. The summed E-state index contributed by atoms with van der Waals surface area (Å²) in [4.78, 5) is 4.60. The Balaban J connectivity index is 4.96. The van der Waals surface area contributed by atoms with E-state index in [9.17, 15) is 0 Å². The SMILES string of the molecule is C=C(/C(N)=C(C)\N=C(\C)C(C)CC)C(C)CNC. The van der Waals surface area contributed by atoms with Crippen LogP contribution in [0, 0.1) is 11.8 Å². The molecule has 3 nitrogen and oxygen atoms in total. The van der Waals surface area contributed by atoms with Crippen molar-refractivity contribution < 1.29 is 0 Å². The Bertz CT molecular complexity index is 340. The standard InChI is InChI=1S/C15H29N3/c1-8-10(2)13(5)18-14(6)15(16)12(4)11(3)9-17-7/h10-11,17H,4,8-9,16H2,1-3,5-7H3/b15-14+,18-13-. The smallest absolute Gasteiger partial charge is 0.0603 e. The molecule has 18 heavy (non-hydrogen) atoms. The van der Waals surface area contributed by atoms with Crippen LogP contribution in [0.25, 0.3) is 0 Å². The lowest BCUT2D eigenvalue weighted by molar-refractivity contribution is 0.623. The predicted octanol–water partition coefficient (Wildman–Crippen LogP) is 3.10. The Morgan fingerprint density at radius 1 is 1.28 bits per heavy atom. The summed E-state index contributed by atoms with van der Waals surface area (Å²) in [5.74, 6) is 0.819. The van der Waals surface area contributed by atoms with Crippen molar-refractivity contribution in [1.29, 1.82) is 0 Å². The van der Waals surface area contributed by atoms with Gasteiger partial charge >= 0.3 is 0 Å². The molecule has 0 rings (SSSR count). The van der Waals surface area contributed by atoms with Crippen LogP contribution in [0.4, 0.5) is 0 Å². The van der Waals surface area contributed by atoms with Gasteiger partial charge in [0.2, 0.25) is 0 Å². The quantitative estimate of drug-likeness (QED) is 0.539. The Labute approximate surface area is 112 Å². The van der Waals surface area contributed by atoms with Gasteiger partial charge < -0.3 is 11.1 Å². The van der Waals surface area contributed by atoms with E-state index < -0.39 is 0 Å². The highest BCUT2D eigenvalue weighted by molar-refractivity contribution is 5.85. The van der Waals surface area contributed by atoms with Crippen LogP contribution in [0.1, 0.15) is 41.0 Å². The van der Waals surface area contributed by atoms with Crippen LogP contribution in [0.15, 0.2) is 28.5 Å². The molecule has 0 aliphatic heterocycles. The minimum atomic E-state index is 0.323. The van der Waals surface area contributed by atoms with Gasteiger partial charge in [-0.25, -0.2) is 0 Å². The molecular weight excluding hydrogens is 222 g/mol. The van der Waals surface area contributed by atoms with Crippen molar-refractivity contribution in [3.05, 3.63) is 23.5 Å². The Kier molecular flexibility index (Phi) is 7.60. The van der Waals surface area contributed by atoms with Crippen LogP contribution in [0.3, 0.4) is 0 Å². The molecule has 0 aromatic rings. The first-order chi connectivity index (χ1) is 8.34. The first kappa shape index (κ1) is 16.9. The molecule has 0 fully saturated rings. The van der Waals surface area contributed by atoms with Crippen LogP contribution in [-0.2, 0) is 0 Å². The zero-order chi connectivity index (χ0) is 14.3. The molecule has 2 atom stereocenters. The van der Waals surface area contributed by atoms with E-state index >= 15 is 0 Å². The molecule has 3 heteroatoms. The van der Waals surface area contributed by atoms with E-state index in [1.165, 1.54) is 0 Å². The maximum Gasteiger partial charge on any atom is 0.0603 e. The number of allylic oxidation sites excluding steroid dienone is 2. The molecule has 0 aliphatic rings. The molecule has 0 bridgehead atoms. The van der Waals surface area contributed by atoms with Crippen LogP contribution in [-0.4, -0.2) is 19.3 Å². The molecule has 0 saturated carbocycles. The molecule has 104 valence electrons. The molecule has 0 amide bonds. The molecule has 0 aliphatic carbocycles. The van der Waals surface area contributed by atoms with Gasteiger partial charge in [0.05, 0.1) is 11.4 Å². The molecule has 0 aromatic heterocycles. The maximum atomic E-state index is 6.13. The summed E-state index contributed by atoms with van der Waals surface area (Å²) in [6.07, 6.45) is 1.10. The van der Waals surface area contributed by atoms with Gasteiger partial charge in [-0.3, -0.25) is 4.99 Å². The second-order valence-electron chi connectivity index (χ2n) is 5.05. The number of nitrogens with one attached hydrogen (secondary N) is 1. The van der Waals surface area contributed by atoms with Gasteiger partial charge in [0.15, 0.2) is 0 Å². The molecule has 0 spiro atoms. The van der Waals surface area contributed by atoms with Gasteiger partial charge in [0.1, 0.15) is 0 Å². The normalized spacial score (nSPS) is 17.1. The third kappa shape index (κ3) is 5.05. The van der Waals surface area contributed by atoms with E-state index in [0.29, 0.717) is 11.8 Å². The summed E-state index contributed by atoms with van der Waals surface area (Å²) in [7, 11) is 1.93. The number of hydrogen-bond acceptors (Lipinski definition) is 3. The van der Waals surface area contributed by atoms with E-state index in [1.807, 2.05) is 14.0 Å². The molecule has 0 saturated heterocycles. The van der Waals surface area contributed by atoms with Gasteiger partial charge in [0, 0.05) is 12.3 Å². The zero-order valence-electron chi connectivity index (χ0n) is 12.8. The topological polar surface area (TPSA) is 50.4 Å². The Morgan fingerprint density at radius 3 is 2.28 bits per heavy atom. The average molecular weight is 251 g/mol. The highest BCUT2D eigenvalue weighted by Gasteiger charge is 2.11. The lowest BCUT2D eigenvalue weighted by Crippen LogP contribution is -2.21. The van der Waals surface area contributed by atoms with E-state index in [4.69, 9.17) is 5.73 Å². The largest absolute Gasteiger partial charge is 0.397 e. The fraction of sp³-hybridized carbons (Fsp3) is 0.667. The Morgan fingerprint density at radius 2 is 1.83 bits per heavy atom. The summed E-state index contributed by atoms with van der Waals surface area (Å²) < 4.78 is 0. The summed E-state index contributed by atoms with van der Waals surface area (Å²) in [5.41, 5.74) is 9.82. The average Bonchev–Trinajstić information content (AvgIpc) is 2.35. The first-order valence-corrected chi connectivity index (χ1v) is 6.70. The van der Waals surface area contributed by atoms with Gasteiger partial charge in [-0.05, 0) is 44.7 Å². The van der Waals surface area contributed by atoms with Crippen molar-refractivity contribution >= 4 is 5.71 Å². The number of aliphatic imine (C=N–C) groups is 1. The van der Waals surface area contributed by atoms with Crippen molar-refractivity contribution in [3.63, 3.8) is 0 Å². The van der Waals surface area contributed by atoms with Gasteiger partial charge in [0.25, 0.3) is 0 Å². The first-order valence-electron chi connectivity index (χ1n) is 6.70. The third-order valence-corrected chi connectivity index (χ3v) is 3.51. The predicted molar refractivity (Wildman–Crippen MR) is 81.7 cm³/mol. The fourth-order valence-electron chi connectivity index (χ4n) is 1.66. The zero-order valence-corrected chi connectivity index (χ0v) is 12.8. The summed E-state index contributed by atoms with van der Waals surface area (Å²) in [6, 6.07) is 0. The van der Waals surface area contributed by atoms with Gasteiger partial charge in [-0.15, -0.1) is 0 Å². The number of nitrogens with two attached hydrogens (primary N) is 1. The molecule has 0 radical (unpaired) electrons. The maximum absolute atomic E-state index is 6.13. The van der Waals surface area contributed by atoms with E-state index in [1.54, 1.807) is 0 Å². The summed E-state index contributed by atoms with van der Waals surface area (Å²) in [6.45, 7) is 15.4. The fourth-order valence-corrected chi connectivity index (χ4v) is 1.66. The van der Waals surface area contributed by atoms with Crippen molar-refractivity contribution in [2.24, 2.45) is 22.6 Å². The van der Waals surface area contributed by atoms with E-state index in [2.05, 4.69) is 44.6 Å². The summed E-state index contributed by atoms with van der Waals surface area (Å²) >= 11 is 0. The number of hydrogen-bond donors (Lipinski definition) is 2. The van der Waals surface area contributed by atoms with Crippen molar-refractivity contribution in [3.8, 4) is 0 Å². The minimum Gasteiger partial charge on any atom is -0.397 e. The number of rotatable bonds is 7. The molecule has 0 aromatic carbocycles. The monoisotopic (exact) mass is 251 g/mol. The van der Waals surface area contributed by atoms with Crippen LogP contribution < -0.4 is 11.1 Å². The van der Waals surface area contributed by atoms with Crippen molar-refractivity contribution in [1.82, 2.24) is 5.32 Å². The van der Waals surface area contributed by atoms with Crippen LogP contribution >= 0.6 is 0 Å². The van der Waals surface area contributed by atoms with E-state index in [-0.39, 0.29) is 0 Å². The third-order valence-electron chi connectivity index (χ3n) is 3.51. The lowest BCUT2D eigenvalue weighted by Gasteiger charge is -2.16. The second kappa shape index (κ2) is 8.09. The lowest BCUT2D eigenvalue weighted by atomic mass is 9.99.